The predicted octanol–water partition coefficient (Wildman–Crippen LogP) is 2.74. The average molecular weight is 471 g/mol. The van der Waals surface area contributed by atoms with E-state index in [0.717, 1.165) is 0 Å². The predicted molar refractivity (Wildman–Crippen MR) is 124 cm³/mol. The molecule has 8 nitrogen and oxygen atoms in total. The summed E-state index contributed by atoms with van der Waals surface area (Å²) in [5.41, 5.74) is 1.02. The van der Waals surface area contributed by atoms with Crippen LogP contribution in [0.3, 0.4) is 0 Å². The molecule has 2 aromatic carbocycles. The summed E-state index contributed by atoms with van der Waals surface area (Å²) < 4.78 is 21.1. The lowest BCUT2D eigenvalue weighted by molar-refractivity contribution is -0.124. The first-order valence-electron chi connectivity index (χ1n) is 11.1. The standard InChI is InChI=1S/C26H30O8/c27-23(17-25(29)21-7-3-1-4-8-21)19-33-15-13-31-11-12-32-14-16-34-20-24(28)18-26(30)22-9-5-2-6-10-22/h1-10H,11-20H2. The van der Waals surface area contributed by atoms with Crippen molar-refractivity contribution in [3.8, 4) is 0 Å². The number of ether oxygens (including phenoxy) is 4. The van der Waals surface area contributed by atoms with E-state index in [1.807, 2.05) is 12.1 Å². The molecule has 0 saturated heterocycles. The number of carbonyl (C=O) groups excluding carboxylic acids is 4. The quantitative estimate of drug-likeness (QED) is 0.175. The monoisotopic (exact) mass is 470 g/mol. The Hall–Kier alpha value is -3.04. The maximum absolute atomic E-state index is 11.9. The van der Waals surface area contributed by atoms with Gasteiger partial charge in [-0.25, -0.2) is 0 Å². The van der Waals surface area contributed by atoms with Crippen LogP contribution in [0.2, 0.25) is 0 Å². The van der Waals surface area contributed by atoms with Crippen LogP contribution < -0.4 is 0 Å². The SMILES string of the molecule is O=C(COCCOCCOCCOCC(=O)CC(=O)c1ccccc1)CC(=O)c1ccccc1. The highest BCUT2D eigenvalue weighted by molar-refractivity contribution is 6.08. The van der Waals surface area contributed by atoms with Crippen LogP contribution in [-0.4, -0.2) is 76.0 Å². The summed E-state index contributed by atoms with van der Waals surface area (Å²) in [6.45, 7) is 1.48. The fraction of sp³-hybridized carbons (Fsp3) is 0.385. The minimum Gasteiger partial charge on any atom is -0.377 e. The average Bonchev–Trinajstić information content (AvgIpc) is 2.85. The molecule has 2 aromatic rings. The van der Waals surface area contributed by atoms with E-state index >= 15 is 0 Å². The fourth-order valence-electron chi connectivity index (χ4n) is 2.84. The summed E-state index contributed by atoms with van der Waals surface area (Å²) in [4.78, 5) is 47.4. The van der Waals surface area contributed by atoms with Crippen molar-refractivity contribution in [1.82, 2.24) is 0 Å². The van der Waals surface area contributed by atoms with E-state index in [2.05, 4.69) is 0 Å². The third kappa shape index (κ3) is 11.7. The van der Waals surface area contributed by atoms with Gasteiger partial charge in [0.1, 0.15) is 13.2 Å². The molecule has 0 aliphatic carbocycles. The van der Waals surface area contributed by atoms with Crippen molar-refractivity contribution >= 4 is 23.1 Å². The van der Waals surface area contributed by atoms with Crippen LogP contribution in [0.4, 0.5) is 0 Å². The Morgan fingerprint density at radius 3 is 1.15 bits per heavy atom. The van der Waals surface area contributed by atoms with Crippen molar-refractivity contribution in [2.24, 2.45) is 0 Å². The molecule has 0 unspecified atom stereocenters. The van der Waals surface area contributed by atoms with Crippen molar-refractivity contribution in [3.05, 3.63) is 71.8 Å². The first-order valence-corrected chi connectivity index (χ1v) is 11.1. The third-order valence-electron chi connectivity index (χ3n) is 4.55. The number of Topliss-reactive ketones (excluding diaryl/α,β-unsaturated/α-hetero) is 4. The molecular formula is C26H30O8. The molecule has 0 spiro atoms. The summed E-state index contributed by atoms with van der Waals surface area (Å²) in [5, 5.41) is 0. The maximum Gasteiger partial charge on any atom is 0.170 e. The number of ketones is 4. The molecular weight excluding hydrogens is 440 g/mol. The van der Waals surface area contributed by atoms with E-state index in [9.17, 15) is 19.2 Å². The molecule has 0 bridgehead atoms. The largest absolute Gasteiger partial charge is 0.377 e. The third-order valence-corrected chi connectivity index (χ3v) is 4.55. The normalized spacial score (nSPS) is 10.7. The highest BCUT2D eigenvalue weighted by atomic mass is 16.6. The van der Waals surface area contributed by atoms with E-state index in [1.165, 1.54) is 0 Å². The van der Waals surface area contributed by atoms with Gasteiger partial charge in [-0.3, -0.25) is 19.2 Å². The summed E-state index contributed by atoms with van der Waals surface area (Å²) in [6.07, 6.45) is -0.370. The lowest BCUT2D eigenvalue weighted by Gasteiger charge is -2.07. The zero-order chi connectivity index (χ0) is 24.4. The molecule has 0 heterocycles. The molecule has 0 saturated carbocycles. The van der Waals surface area contributed by atoms with Crippen molar-refractivity contribution in [2.45, 2.75) is 12.8 Å². The highest BCUT2D eigenvalue weighted by Crippen LogP contribution is 2.04. The van der Waals surface area contributed by atoms with Crippen LogP contribution in [0.15, 0.2) is 60.7 Å². The van der Waals surface area contributed by atoms with Gasteiger partial charge < -0.3 is 18.9 Å². The van der Waals surface area contributed by atoms with Crippen molar-refractivity contribution in [2.75, 3.05) is 52.9 Å². The van der Waals surface area contributed by atoms with Crippen molar-refractivity contribution in [1.29, 1.82) is 0 Å². The lowest BCUT2D eigenvalue weighted by atomic mass is 10.1. The minimum atomic E-state index is -0.278. The van der Waals surface area contributed by atoms with Crippen LogP contribution in [0, 0.1) is 0 Å². The Morgan fingerprint density at radius 2 is 0.794 bits per heavy atom. The van der Waals surface area contributed by atoms with E-state index in [4.69, 9.17) is 18.9 Å². The maximum atomic E-state index is 11.9. The minimum absolute atomic E-state index is 0.133. The van der Waals surface area contributed by atoms with Gasteiger partial charge in [-0.05, 0) is 0 Å². The second-order valence-corrected chi connectivity index (χ2v) is 7.34. The number of hydrogen-bond acceptors (Lipinski definition) is 8. The zero-order valence-corrected chi connectivity index (χ0v) is 19.1. The molecule has 0 atom stereocenters. The first-order chi connectivity index (χ1) is 16.6. The van der Waals surface area contributed by atoms with Crippen molar-refractivity contribution < 1.29 is 38.1 Å². The van der Waals surface area contributed by atoms with E-state index in [1.54, 1.807) is 48.5 Å². The Morgan fingerprint density at radius 1 is 0.471 bits per heavy atom. The summed E-state index contributed by atoms with van der Waals surface area (Å²) >= 11 is 0. The van der Waals surface area contributed by atoms with Crippen LogP contribution in [0.25, 0.3) is 0 Å². The number of carbonyl (C=O) groups is 4. The molecule has 182 valence electrons. The molecule has 2 rings (SSSR count). The van der Waals surface area contributed by atoms with Gasteiger partial charge in [-0.1, -0.05) is 60.7 Å². The van der Waals surface area contributed by atoms with Gasteiger partial charge in [0.25, 0.3) is 0 Å². The topological polar surface area (TPSA) is 105 Å². The summed E-state index contributed by atoms with van der Waals surface area (Å²) in [6, 6.07) is 17.3. The molecule has 0 radical (unpaired) electrons. The smallest absolute Gasteiger partial charge is 0.170 e. The van der Waals surface area contributed by atoms with E-state index in [-0.39, 0.29) is 62.4 Å². The van der Waals surface area contributed by atoms with E-state index in [0.29, 0.717) is 37.6 Å². The van der Waals surface area contributed by atoms with Gasteiger partial charge in [-0.2, -0.15) is 0 Å². The highest BCUT2D eigenvalue weighted by Gasteiger charge is 2.12. The van der Waals surface area contributed by atoms with Crippen LogP contribution >= 0.6 is 0 Å². The molecule has 0 amide bonds. The summed E-state index contributed by atoms with van der Waals surface area (Å²) in [5.74, 6) is -1.01. The summed E-state index contributed by atoms with van der Waals surface area (Å²) in [7, 11) is 0. The molecule has 8 heteroatoms. The Kier molecular flexibility index (Phi) is 13.2. The second kappa shape index (κ2) is 16.6. The first kappa shape index (κ1) is 27.2. The van der Waals surface area contributed by atoms with Gasteiger partial charge in [0.15, 0.2) is 23.1 Å². The van der Waals surface area contributed by atoms with Crippen LogP contribution in [-0.2, 0) is 28.5 Å². The Balaban J connectivity index is 1.37. The van der Waals surface area contributed by atoms with Gasteiger partial charge in [0.05, 0.1) is 52.5 Å². The number of benzene rings is 2. The fourth-order valence-corrected chi connectivity index (χ4v) is 2.84. The molecule has 0 N–H and O–H groups in total. The molecule has 0 fully saturated rings. The van der Waals surface area contributed by atoms with Gasteiger partial charge >= 0.3 is 0 Å². The zero-order valence-electron chi connectivity index (χ0n) is 19.1. The second-order valence-electron chi connectivity index (χ2n) is 7.34. The lowest BCUT2D eigenvalue weighted by Crippen LogP contribution is -2.17. The number of hydrogen-bond donors (Lipinski definition) is 0. The van der Waals surface area contributed by atoms with Gasteiger partial charge in [-0.15, -0.1) is 0 Å². The van der Waals surface area contributed by atoms with E-state index < -0.39 is 0 Å². The van der Waals surface area contributed by atoms with Crippen LogP contribution in [0.1, 0.15) is 33.6 Å². The molecule has 0 aromatic heterocycles. The van der Waals surface area contributed by atoms with Gasteiger partial charge in [0, 0.05) is 11.1 Å². The van der Waals surface area contributed by atoms with Crippen molar-refractivity contribution in [3.63, 3.8) is 0 Å². The van der Waals surface area contributed by atoms with Gasteiger partial charge in [0.2, 0.25) is 0 Å². The Labute approximate surface area is 199 Å². The Bertz CT molecular complexity index is 820. The molecule has 0 aliphatic rings. The van der Waals surface area contributed by atoms with Crippen LogP contribution in [0.5, 0.6) is 0 Å². The molecule has 34 heavy (non-hydrogen) atoms. The molecule has 0 aliphatic heterocycles. The number of rotatable bonds is 19.